The quantitative estimate of drug-likeness (QED) is 0.503. The van der Waals surface area contributed by atoms with Crippen molar-refractivity contribution < 1.29 is 18.0 Å². The molecular formula is C16H15N5O4S. The van der Waals surface area contributed by atoms with Gasteiger partial charge in [-0.2, -0.15) is 0 Å². The molecule has 0 saturated carbocycles. The van der Waals surface area contributed by atoms with Gasteiger partial charge < -0.3 is 16.0 Å². The fraction of sp³-hybridized carbons (Fsp3) is 0.0625. The summed E-state index contributed by atoms with van der Waals surface area (Å²) in [7, 11) is -3.76. The summed E-state index contributed by atoms with van der Waals surface area (Å²) in [5.74, 6) is -1.14. The zero-order chi connectivity index (χ0) is 18.9. The summed E-state index contributed by atoms with van der Waals surface area (Å²) in [6.07, 6.45) is 0. The molecule has 1 heterocycles. The molecule has 2 amide bonds. The van der Waals surface area contributed by atoms with Gasteiger partial charge in [0.15, 0.2) is 5.82 Å². The normalized spacial score (nSPS) is 11.4. The fourth-order valence-corrected chi connectivity index (χ4v) is 2.92. The van der Waals surface area contributed by atoms with E-state index < -0.39 is 21.8 Å². The summed E-state index contributed by atoms with van der Waals surface area (Å²) in [5, 5.41) is 7.76. The molecule has 2 aromatic carbocycles. The third kappa shape index (κ3) is 3.55. The van der Waals surface area contributed by atoms with E-state index in [4.69, 9.17) is 10.9 Å². The second-order valence-corrected chi connectivity index (χ2v) is 7.08. The predicted octanol–water partition coefficient (Wildman–Crippen LogP) is 0.239. The number of carbonyl (C=O) groups is 2. The Hall–Kier alpha value is -3.24. The van der Waals surface area contributed by atoms with Crippen molar-refractivity contribution in [3.63, 3.8) is 0 Å². The molecule has 0 spiro atoms. The van der Waals surface area contributed by atoms with Crippen molar-refractivity contribution in [3.05, 3.63) is 59.4 Å². The Morgan fingerprint density at radius 1 is 1.12 bits per heavy atom. The Morgan fingerprint density at radius 2 is 1.81 bits per heavy atom. The zero-order valence-corrected chi connectivity index (χ0v) is 14.2. The van der Waals surface area contributed by atoms with Gasteiger partial charge in [0, 0.05) is 6.54 Å². The highest BCUT2D eigenvalue weighted by Gasteiger charge is 2.15. The van der Waals surface area contributed by atoms with E-state index in [1.54, 1.807) is 30.3 Å². The molecule has 10 heteroatoms. The van der Waals surface area contributed by atoms with Crippen molar-refractivity contribution in [2.45, 2.75) is 11.4 Å². The number of para-hydroxylation sites is 1. The summed E-state index contributed by atoms with van der Waals surface area (Å²) in [4.78, 5) is 30.5. The smallest absolute Gasteiger partial charge is 0.284 e. The Kier molecular flexibility index (Phi) is 4.45. The minimum Gasteiger partial charge on any atom is -0.363 e. The number of aromatic amines is 1. The highest BCUT2D eigenvalue weighted by Crippen LogP contribution is 2.17. The monoisotopic (exact) mass is 373 g/mol. The molecule has 0 bridgehead atoms. The van der Waals surface area contributed by atoms with E-state index in [1.165, 1.54) is 12.1 Å². The molecule has 26 heavy (non-hydrogen) atoms. The summed E-state index contributed by atoms with van der Waals surface area (Å²) in [6, 6.07) is 10.8. The molecule has 134 valence electrons. The van der Waals surface area contributed by atoms with Crippen molar-refractivity contribution in [3.8, 4) is 0 Å². The topological polar surface area (TPSA) is 161 Å². The number of nitrogens with two attached hydrogens (primary N) is 2. The number of hydrogen-bond acceptors (Lipinski definition) is 5. The minimum atomic E-state index is -3.76. The number of hydrogen-bond donors (Lipinski definition) is 4. The number of sulfonamides is 1. The van der Waals surface area contributed by atoms with Gasteiger partial charge in [0.25, 0.3) is 11.8 Å². The number of primary sulfonamides is 1. The number of nitrogens with zero attached hydrogens (tertiary/aromatic N) is 1. The number of aromatic nitrogens is 2. The first kappa shape index (κ1) is 17.6. The number of benzene rings is 2. The van der Waals surface area contributed by atoms with E-state index in [-0.39, 0.29) is 22.8 Å². The lowest BCUT2D eigenvalue weighted by molar-refractivity contribution is 0.0950. The summed E-state index contributed by atoms with van der Waals surface area (Å²) >= 11 is 0. The van der Waals surface area contributed by atoms with E-state index in [2.05, 4.69) is 15.3 Å². The van der Waals surface area contributed by atoms with E-state index >= 15 is 0 Å². The van der Waals surface area contributed by atoms with Crippen LogP contribution in [0.3, 0.4) is 0 Å². The van der Waals surface area contributed by atoms with E-state index in [0.29, 0.717) is 16.6 Å². The third-order valence-corrected chi connectivity index (χ3v) is 4.62. The molecule has 0 aliphatic rings. The summed E-state index contributed by atoms with van der Waals surface area (Å²) in [5.41, 5.74) is 7.03. The molecule has 0 aliphatic carbocycles. The number of primary amides is 1. The SMILES string of the molecule is NC(=O)c1nc2c(C(=O)NCc3ccc(S(N)(=O)=O)cc3)cccc2[nH]1. The number of fused-ring (bicyclic) bond motifs is 1. The van der Waals surface area contributed by atoms with E-state index in [1.807, 2.05) is 0 Å². The van der Waals surface area contributed by atoms with Gasteiger partial charge in [0.05, 0.1) is 16.0 Å². The largest absolute Gasteiger partial charge is 0.363 e. The first-order valence-electron chi connectivity index (χ1n) is 7.44. The van der Waals surface area contributed by atoms with Crippen LogP contribution in [0.2, 0.25) is 0 Å². The van der Waals surface area contributed by atoms with Gasteiger partial charge >= 0.3 is 0 Å². The number of amides is 2. The molecule has 0 fully saturated rings. The first-order chi connectivity index (χ1) is 12.3. The van der Waals surface area contributed by atoms with Gasteiger partial charge in [-0.3, -0.25) is 9.59 Å². The predicted molar refractivity (Wildman–Crippen MR) is 93.6 cm³/mol. The summed E-state index contributed by atoms with van der Waals surface area (Å²) in [6.45, 7) is 0.174. The number of carbonyl (C=O) groups excluding carboxylic acids is 2. The highest BCUT2D eigenvalue weighted by atomic mass is 32.2. The molecule has 3 aromatic rings. The molecule has 0 saturated heterocycles. The number of rotatable bonds is 5. The zero-order valence-electron chi connectivity index (χ0n) is 13.4. The molecule has 3 rings (SSSR count). The van der Waals surface area contributed by atoms with Crippen molar-refractivity contribution in [2.75, 3.05) is 0 Å². The number of imidazole rings is 1. The Morgan fingerprint density at radius 3 is 2.42 bits per heavy atom. The lowest BCUT2D eigenvalue weighted by Crippen LogP contribution is -2.23. The van der Waals surface area contributed by atoms with Crippen LogP contribution in [0.15, 0.2) is 47.4 Å². The van der Waals surface area contributed by atoms with Crippen LogP contribution in [0.5, 0.6) is 0 Å². The lowest BCUT2D eigenvalue weighted by atomic mass is 10.1. The van der Waals surface area contributed by atoms with Gasteiger partial charge in [0.2, 0.25) is 10.0 Å². The second kappa shape index (κ2) is 6.58. The van der Waals surface area contributed by atoms with E-state index in [0.717, 1.165) is 0 Å². The lowest BCUT2D eigenvalue weighted by Gasteiger charge is -2.07. The molecule has 9 nitrogen and oxygen atoms in total. The maximum absolute atomic E-state index is 12.4. The maximum Gasteiger partial charge on any atom is 0.284 e. The molecule has 1 aromatic heterocycles. The van der Waals surface area contributed by atoms with Gasteiger partial charge in [-0.1, -0.05) is 18.2 Å². The average molecular weight is 373 g/mol. The Labute approximate surface area is 148 Å². The van der Waals surface area contributed by atoms with Crippen LogP contribution in [0.4, 0.5) is 0 Å². The van der Waals surface area contributed by atoms with Crippen LogP contribution in [-0.4, -0.2) is 30.2 Å². The molecule has 0 unspecified atom stereocenters. The van der Waals surface area contributed by atoms with Crippen LogP contribution in [-0.2, 0) is 16.6 Å². The van der Waals surface area contributed by atoms with Crippen LogP contribution in [0.1, 0.15) is 26.5 Å². The van der Waals surface area contributed by atoms with Gasteiger partial charge in [-0.25, -0.2) is 18.5 Å². The van der Waals surface area contributed by atoms with Crippen molar-refractivity contribution >= 4 is 32.9 Å². The van der Waals surface area contributed by atoms with Crippen LogP contribution in [0, 0.1) is 0 Å². The average Bonchev–Trinajstić information content (AvgIpc) is 3.03. The molecular weight excluding hydrogens is 358 g/mol. The minimum absolute atomic E-state index is 0.00662. The first-order valence-corrected chi connectivity index (χ1v) is 8.99. The standard InChI is InChI=1S/C16H15N5O4S/c17-14(22)15-20-12-3-1-2-11(13(12)21-15)16(23)19-8-9-4-6-10(7-5-9)26(18,24)25/h1-7H,8H2,(H2,17,22)(H,19,23)(H,20,21)(H2,18,24,25). The maximum atomic E-state index is 12.4. The Bertz CT molecular complexity index is 1100. The second-order valence-electron chi connectivity index (χ2n) is 5.52. The number of nitrogens with one attached hydrogen (secondary N) is 2. The van der Waals surface area contributed by atoms with Gasteiger partial charge in [0.1, 0.15) is 5.52 Å². The molecule has 0 radical (unpaired) electrons. The van der Waals surface area contributed by atoms with Crippen molar-refractivity contribution in [2.24, 2.45) is 10.9 Å². The van der Waals surface area contributed by atoms with Crippen molar-refractivity contribution in [1.29, 1.82) is 0 Å². The van der Waals surface area contributed by atoms with Gasteiger partial charge in [-0.05, 0) is 29.8 Å². The molecule has 0 aliphatic heterocycles. The van der Waals surface area contributed by atoms with Crippen LogP contribution >= 0.6 is 0 Å². The van der Waals surface area contributed by atoms with Crippen molar-refractivity contribution in [1.82, 2.24) is 15.3 Å². The fourth-order valence-electron chi connectivity index (χ4n) is 2.41. The molecule has 0 atom stereocenters. The Balaban J connectivity index is 1.78. The van der Waals surface area contributed by atoms with Crippen LogP contribution in [0.25, 0.3) is 11.0 Å². The number of H-pyrrole nitrogens is 1. The van der Waals surface area contributed by atoms with Crippen LogP contribution < -0.4 is 16.2 Å². The molecule has 6 N–H and O–H groups in total. The third-order valence-electron chi connectivity index (χ3n) is 3.70. The van der Waals surface area contributed by atoms with Gasteiger partial charge in [-0.15, -0.1) is 0 Å². The highest BCUT2D eigenvalue weighted by molar-refractivity contribution is 7.89. The summed E-state index contributed by atoms with van der Waals surface area (Å²) < 4.78 is 22.5. The van der Waals surface area contributed by atoms with E-state index in [9.17, 15) is 18.0 Å².